The van der Waals surface area contributed by atoms with Crippen molar-refractivity contribution in [3.8, 4) is 11.4 Å². The van der Waals surface area contributed by atoms with E-state index in [0.29, 0.717) is 6.26 Å². The number of H-pyrrole nitrogens is 1. The predicted octanol–water partition coefficient (Wildman–Crippen LogP) is 2.99. The van der Waals surface area contributed by atoms with Gasteiger partial charge in [-0.25, -0.2) is 9.97 Å². The van der Waals surface area contributed by atoms with Gasteiger partial charge in [0.2, 0.25) is 0 Å². The van der Waals surface area contributed by atoms with Crippen LogP contribution in [0.5, 0.6) is 0 Å². The van der Waals surface area contributed by atoms with Crippen LogP contribution in [-0.2, 0) is 10.1 Å². The van der Waals surface area contributed by atoms with E-state index < -0.39 is 10.1 Å². The summed E-state index contributed by atoms with van der Waals surface area (Å²) in [6.45, 7) is 1.97. The molecule has 4 aromatic rings. The number of aryl methyl sites for hydroxylation is 1. The first-order valence-electron chi connectivity index (χ1n) is 7.39. The van der Waals surface area contributed by atoms with Crippen molar-refractivity contribution in [2.24, 2.45) is 0 Å². The quantitative estimate of drug-likeness (QED) is 0.508. The Balaban J connectivity index is 0.000000324. The number of hydrogen-bond acceptors (Lipinski definition) is 5. The van der Waals surface area contributed by atoms with Gasteiger partial charge in [-0.2, -0.15) is 8.42 Å². The molecule has 0 saturated carbocycles. The number of hydrogen-bond donors (Lipinski definition) is 2. The highest BCUT2D eigenvalue weighted by atomic mass is 32.2. The Morgan fingerprint density at radius 3 is 2.56 bits per heavy atom. The third-order valence-electron chi connectivity index (χ3n) is 3.41. The molecule has 7 nitrogen and oxygen atoms in total. The summed E-state index contributed by atoms with van der Waals surface area (Å²) in [5, 5.41) is 2.18. The highest BCUT2D eigenvalue weighted by Gasteiger charge is 2.05. The van der Waals surface area contributed by atoms with Gasteiger partial charge in [-0.05, 0) is 37.3 Å². The van der Waals surface area contributed by atoms with Crippen molar-refractivity contribution in [2.75, 3.05) is 6.26 Å². The molecule has 0 aliphatic carbocycles. The highest BCUT2D eigenvalue weighted by Crippen LogP contribution is 2.22. The maximum Gasteiger partial charge on any atom is 0.261 e. The van der Waals surface area contributed by atoms with Gasteiger partial charge in [-0.15, -0.1) is 0 Å². The molecule has 128 valence electrons. The predicted molar refractivity (Wildman–Crippen MR) is 96.8 cm³/mol. The molecular formula is C17H16N4O3S. The number of pyridine rings is 1. The summed E-state index contributed by atoms with van der Waals surface area (Å²) >= 11 is 0. The van der Waals surface area contributed by atoms with Crippen LogP contribution in [0.4, 0.5) is 0 Å². The Kier molecular flexibility index (Phi) is 4.47. The molecule has 3 heterocycles. The van der Waals surface area contributed by atoms with Crippen LogP contribution < -0.4 is 0 Å². The number of nitrogens with zero attached hydrogens (tertiary/aromatic N) is 3. The van der Waals surface area contributed by atoms with E-state index in [2.05, 4.69) is 26.0 Å². The van der Waals surface area contributed by atoms with Gasteiger partial charge in [-0.3, -0.25) is 9.54 Å². The van der Waals surface area contributed by atoms with Crippen molar-refractivity contribution in [2.45, 2.75) is 6.92 Å². The summed E-state index contributed by atoms with van der Waals surface area (Å²) in [7, 11) is -3.67. The van der Waals surface area contributed by atoms with E-state index in [-0.39, 0.29) is 0 Å². The molecule has 0 aliphatic heterocycles. The molecule has 0 atom stereocenters. The van der Waals surface area contributed by atoms with Crippen LogP contribution in [0.1, 0.15) is 5.69 Å². The highest BCUT2D eigenvalue weighted by molar-refractivity contribution is 7.85. The van der Waals surface area contributed by atoms with Crippen LogP contribution in [0.25, 0.3) is 33.2 Å². The molecule has 0 aliphatic rings. The van der Waals surface area contributed by atoms with Crippen LogP contribution in [0.3, 0.4) is 0 Å². The van der Waals surface area contributed by atoms with Crippen molar-refractivity contribution >= 4 is 31.9 Å². The first-order valence-corrected chi connectivity index (χ1v) is 9.24. The topological polar surface area (TPSA) is 109 Å². The third kappa shape index (κ3) is 4.37. The van der Waals surface area contributed by atoms with Crippen LogP contribution in [-0.4, -0.2) is 39.2 Å². The first-order chi connectivity index (χ1) is 11.8. The summed E-state index contributed by atoms with van der Waals surface area (Å²) in [5.41, 5.74) is 3.98. The molecule has 25 heavy (non-hydrogen) atoms. The summed E-state index contributed by atoms with van der Waals surface area (Å²) in [5.74, 6) is 0.728. The zero-order chi connectivity index (χ0) is 18.0. The van der Waals surface area contributed by atoms with Gasteiger partial charge < -0.3 is 4.98 Å². The number of fused-ring (bicyclic) bond motifs is 2. The summed E-state index contributed by atoms with van der Waals surface area (Å²) < 4.78 is 25.9. The van der Waals surface area contributed by atoms with Crippen molar-refractivity contribution in [1.82, 2.24) is 19.9 Å². The van der Waals surface area contributed by atoms with E-state index in [4.69, 9.17) is 4.55 Å². The van der Waals surface area contributed by atoms with Crippen LogP contribution >= 0.6 is 0 Å². The van der Waals surface area contributed by atoms with Gasteiger partial charge in [0.25, 0.3) is 10.1 Å². The molecular weight excluding hydrogens is 340 g/mol. The minimum absolute atomic E-state index is 0.715. The monoisotopic (exact) mass is 356 g/mol. The van der Waals surface area contributed by atoms with Gasteiger partial charge >= 0.3 is 0 Å². The molecule has 0 amide bonds. The van der Waals surface area contributed by atoms with Crippen LogP contribution in [0.15, 0.2) is 48.9 Å². The molecule has 0 saturated heterocycles. The van der Waals surface area contributed by atoms with Crippen molar-refractivity contribution < 1.29 is 13.0 Å². The second kappa shape index (κ2) is 6.58. The van der Waals surface area contributed by atoms with E-state index in [1.165, 1.54) is 0 Å². The maximum absolute atomic E-state index is 9.19. The Morgan fingerprint density at radius 2 is 1.80 bits per heavy atom. The average molecular weight is 356 g/mol. The Labute approximate surface area is 144 Å². The van der Waals surface area contributed by atoms with Gasteiger partial charge in [0, 0.05) is 39.9 Å². The van der Waals surface area contributed by atoms with Crippen molar-refractivity contribution in [1.29, 1.82) is 0 Å². The normalized spacial score (nSPS) is 11.3. The lowest BCUT2D eigenvalue weighted by Crippen LogP contribution is -1.91. The molecule has 0 unspecified atom stereocenters. The fourth-order valence-electron chi connectivity index (χ4n) is 2.38. The zero-order valence-electron chi connectivity index (χ0n) is 13.6. The molecule has 4 rings (SSSR count). The molecule has 0 bridgehead atoms. The molecule has 2 N–H and O–H groups in total. The van der Waals surface area contributed by atoms with Gasteiger partial charge in [0.05, 0.1) is 18.0 Å². The molecule has 0 fully saturated rings. The van der Waals surface area contributed by atoms with Gasteiger partial charge in [0.15, 0.2) is 5.82 Å². The van der Waals surface area contributed by atoms with E-state index in [1.807, 2.05) is 43.6 Å². The smallest absolute Gasteiger partial charge is 0.261 e. The fraction of sp³-hybridized carbons (Fsp3) is 0.118. The number of benzene rings is 1. The maximum atomic E-state index is 9.19. The molecule has 0 radical (unpaired) electrons. The zero-order valence-corrected chi connectivity index (χ0v) is 14.4. The lowest BCUT2D eigenvalue weighted by molar-refractivity contribution is 0.490. The lowest BCUT2D eigenvalue weighted by atomic mass is 10.1. The van der Waals surface area contributed by atoms with Gasteiger partial charge in [-0.1, -0.05) is 0 Å². The second-order valence-electron chi connectivity index (χ2n) is 5.59. The molecule has 8 heteroatoms. The van der Waals surface area contributed by atoms with Crippen molar-refractivity contribution in [3.05, 3.63) is 54.6 Å². The lowest BCUT2D eigenvalue weighted by Gasteiger charge is -2.03. The minimum atomic E-state index is -3.67. The Bertz CT molecular complexity index is 1140. The Morgan fingerprint density at radius 1 is 1.04 bits per heavy atom. The SMILES string of the molecule is CS(=O)(=O)O.Cc1cc2cnc(-c3ccc4[nH]ccc4c3)nc2cn1. The molecule has 3 aromatic heterocycles. The fourth-order valence-corrected chi connectivity index (χ4v) is 2.38. The van der Waals surface area contributed by atoms with E-state index in [1.54, 1.807) is 6.20 Å². The molecule has 0 spiro atoms. The standard InChI is InChI=1S/C16H12N4.CH4O3S/c1-10-6-13-8-19-16(20-15(13)9-18-10)12-2-3-14-11(7-12)4-5-17-14;1-5(2,3)4/h2-9,17H,1H3;1H3,(H,2,3,4). The number of rotatable bonds is 1. The van der Waals surface area contributed by atoms with Gasteiger partial charge in [0.1, 0.15) is 0 Å². The summed E-state index contributed by atoms with van der Waals surface area (Å²) in [4.78, 5) is 16.5. The number of nitrogens with one attached hydrogen (secondary N) is 1. The largest absolute Gasteiger partial charge is 0.361 e. The average Bonchev–Trinajstić information content (AvgIpc) is 3.00. The minimum Gasteiger partial charge on any atom is -0.361 e. The van der Waals surface area contributed by atoms with Crippen LogP contribution in [0.2, 0.25) is 0 Å². The van der Waals surface area contributed by atoms with Crippen molar-refractivity contribution in [3.63, 3.8) is 0 Å². The third-order valence-corrected chi connectivity index (χ3v) is 3.41. The van der Waals surface area contributed by atoms with E-state index in [9.17, 15) is 8.42 Å². The first kappa shape index (κ1) is 17.0. The number of aromatic amines is 1. The summed E-state index contributed by atoms with van der Waals surface area (Å²) in [6, 6.07) is 10.2. The molecule has 1 aromatic carbocycles. The summed E-state index contributed by atoms with van der Waals surface area (Å²) in [6.07, 6.45) is 6.30. The van der Waals surface area contributed by atoms with E-state index in [0.717, 1.165) is 38.9 Å². The second-order valence-corrected chi connectivity index (χ2v) is 7.06. The van der Waals surface area contributed by atoms with E-state index >= 15 is 0 Å². The number of aromatic nitrogens is 4. The Hall–Kier alpha value is -2.84. The van der Waals surface area contributed by atoms with Crippen LogP contribution in [0, 0.1) is 6.92 Å².